The van der Waals surface area contributed by atoms with E-state index in [9.17, 15) is 9.59 Å². The third kappa shape index (κ3) is 12.9. The van der Waals surface area contributed by atoms with Gasteiger partial charge >= 0.3 is 12.6 Å². The first-order valence-electron chi connectivity index (χ1n) is 9.49. The SMILES string of the molecule is CC(C)OOOC=O.CCC(C)CCC1CCN(C(=O)OC(C)(C)C)C1. The highest BCUT2D eigenvalue weighted by Gasteiger charge is 2.29. The molecule has 0 saturated carbocycles. The average Bonchev–Trinajstić information content (AvgIpc) is 3.00. The van der Waals surface area contributed by atoms with Crippen LogP contribution in [0.15, 0.2) is 0 Å². The number of hydrogen-bond acceptors (Lipinski definition) is 6. The van der Waals surface area contributed by atoms with E-state index in [1.807, 2.05) is 25.7 Å². The molecule has 1 saturated heterocycles. The van der Waals surface area contributed by atoms with Gasteiger partial charge in [0.25, 0.3) is 0 Å². The summed E-state index contributed by atoms with van der Waals surface area (Å²) in [4.78, 5) is 31.2. The number of rotatable bonds is 8. The van der Waals surface area contributed by atoms with Gasteiger partial charge in [0.1, 0.15) is 5.60 Å². The van der Waals surface area contributed by atoms with Gasteiger partial charge in [-0.15, -0.1) is 0 Å². The third-order valence-corrected chi connectivity index (χ3v) is 4.01. The first-order valence-corrected chi connectivity index (χ1v) is 9.49. The van der Waals surface area contributed by atoms with Crippen molar-refractivity contribution in [3.63, 3.8) is 0 Å². The second kappa shape index (κ2) is 12.9. The van der Waals surface area contributed by atoms with Crippen molar-refractivity contribution in [2.24, 2.45) is 11.8 Å². The van der Waals surface area contributed by atoms with Crippen LogP contribution in [0.25, 0.3) is 0 Å². The molecule has 0 aromatic heterocycles. The molecule has 1 amide bonds. The van der Waals surface area contributed by atoms with Gasteiger partial charge in [0, 0.05) is 13.1 Å². The number of likely N-dealkylation sites (tertiary alicyclic amines) is 1. The van der Waals surface area contributed by atoms with E-state index >= 15 is 0 Å². The fourth-order valence-corrected chi connectivity index (χ4v) is 2.40. The van der Waals surface area contributed by atoms with Crippen molar-refractivity contribution >= 4 is 12.6 Å². The number of hydrogen-bond donors (Lipinski definition) is 0. The van der Waals surface area contributed by atoms with Crippen LogP contribution in [-0.2, 0) is 24.3 Å². The van der Waals surface area contributed by atoms with Crippen LogP contribution in [0.2, 0.25) is 0 Å². The number of nitrogens with zero attached hydrogens (tertiary/aromatic N) is 1. The monoisotopic (exact) mass is 375 g/mol. The van der Waals surface area contributed by atoms with Crippen LogP contribution in [-0.4, -0.2) is 42.3 Å². The molecular weight excluding hydrogens is 338 g/mol. The minimum absolute atomic E-state index is 0.102. The largest absolute Gasteiger partial charge is 0.444 e. The molecule has 154 valence electrons. The lowest BCUT2D eigenvalue weighted by atomic mass is 9.95. The van der Waals surface area contributed by atoms with Crippen LogP contribution in [0.4, 0.5) is 4.79 Å². The van der Waals surface area contributed by atoms with Crippen molar-refractivity contribution in [3.8, 4) is 0 Å². The third-order valence-electron chi connectivity index (χ3n) is 4.01. The van der Waals surface area contributed by atoms with Crippen LogP contribution in [0.3, 0.4) is 0 Å². The van der Waals surface area contributed by atoms with Crippen LogP contribution in [0.1, 0.15) is 74.1 Å². The molecule has 0 N–H and O–H groups in total. The van der Waals surface area contributed by atoms with E-state index in [4.69, 9.17) is 4.74 Å². The normalized spacial score (nSPS) is 18.2. The summed E-state index contributed by atoms with van der Waals surface area (Å²) in [6.07, 6.45) is 4.67. The van der Waals surface area contributed by atoms with Crippen molar-refractivity contribution < 1.29 is 29.1 Å². The molecule has 1 heterocycles. The zero-order valence-electron chi connectivity index (χ0n) is 17.4. The topological polar surface area (TPSA) is 74.3 Å². The highest BCUT2D eigenvalue weighted by molar-refractivity contribution is 5.68. The number of ether oxygens (including phenoxy) is 1. The van der Waals surface area contributed by atoms with E-state index in [2.05, 4.69) is 28.7 Å². The predicted octanol–water partition coefficient (Wildman–Crippen LogP) is 4.50. The zero-order chi connectivity index (χ0) is 20.2. The van der Waals surface area contributed by atoms with Gasteiger partial charge in [0.05, 0.1) is 6.10 Å². The van der Waals surface area contributed by atoms with Gasteiger partial charge in [-0.2, -0.15) is 4.89 Å². The predicted molar refractivity (Wildman–Crippen MR) is 99.1 cm³/mol. The minimum Gasteiger partial charge on any atom is -0.444 e. The molecule has 0 aromatic rings. The summed E-state index contributed by atoms with van der Waals surface area (Å²) >= 11 is 0. The van der Waals surface area contributed by atoms with Gasteiger partial charge in [-0.25, -0.2) is 4.79 Å². The Morgan fingerprint density at radius 3 is 2.42 bits per heavy atom. The highest BCUT2D eigenvalue weighted by Crippen LogP contribution is 2.25. The maximum atomic E-state index is 11.9. The number of amides is 1. The lowest BCUT2D eigenvalue weighted by Crippen LogP contribution is -2.35. The molecule has 7 nitrogen and oxygen atoms in total. The molecule has 7 heteroatoms. The minimum atomic E-state index is -0.383. The fourth-order valence-electron chi connectivity index (χ4n) is 2.40. The van der Waals surface area contributed by atoms with Gasteiger partial charge in [0.2, 0.25) is 0 Å². The molecule has 0 bridgehead atoms. The summed E-state index contributed by atoms with van der Waals surface area (Å²) in [7, 11) is 0. The molecule has 1 aliphatic rings. The summed E-state index contributed by atoms with van der Waals surface area (Å²) in [6.45, 7) is 15.7. The van der Waals surface area contributed by atoms with E-state index in [1.165, 1.54) is 19.3 Å². The van der Waals surface area contributed by atoms with Crippen molar-refractivity contribution in [1.82, 2.24) is 4.90 Å². The van der Waals surface area contributed by atoms with Gasteiger partial charge in [-0.1, -0.05) is 26.7 Å². The first kappa shape index (κ1) is 24.7. The van der Waals surface area contributed by atoms with E-state index in [-0.39, 0.29) is 24.3 Å². The summed E-state index contributed by atoms with van der Waals surface area (Å²) in [5.41, 5.74) is -0.383. The van der Waals surface area contributed by atoms with Gasteiger partial charge in [-0.05, 0) is 64.3 Å². The van der Waals surface area contributed by atoms with E-state index in [0.29, 0.717) is 5.92 Å². The molecular formula is C19H37NO6. The second-order valence-electron chi connectivity index (χ2n) is 8.08. The van der Waals surface area contributed by atoms with Crippen LogP contribution < -0.4 is 0 Å². The molecule has 1 aliphatic heterocycles. The van der Waals surface area contributed by atoms with E-state index < -0.39 is 0 Å². The summed E-state index contributed by atoms with van der Waals surface area (Å²) < 4.78 is 5.40. The van der Waals surface area contributed by atoms with Crippen LogP contribution >= 0.6 is 0 Å². The first-order chi connectivity index (χ1) is 12.1. The lowest BCUT2D eigenvalue weighted by molar-refractivity contribution is -0.493. The second-order valence-corrected chi connectivity index (χ2v) is 8.08. The molecule has 26 heavy (non-hydrogen) atoms. The Morgan fingerprint density at radius 2 is 1.92 bits per heavy atom. The molecule has 0 radical (unpaired) electrons. The molecule has 0 aliphatic carbocycles. The Balaban J connectivity index is 0.000000660. The molecule has 0 aromatic carbocycles. The Labute approximate surface area is 158 Å². The summed E-state index contributed by atoms with van der Waals surface area (Å²) in [5.74, 6) is 1.48. The Kier molecular flexibility index (Phi) is 12.3. The van der Waals surface area contributed by atoms with Gasteiger partial charge in [-0.3, -0.25) is 9.68 Å². The Bertz CT molecular complexity index is 394. The summed E-state index contributed by atoms with van der Waals surface area (Å²) in [5, 5.41) is 3.88. The van der Waals surface area contributed by atoms with Crippen LogP contribution in [0, 0.1) is 11.8 Å². The highest BCUT2D eigenvalue weighted by atomic mass is 17.5. The fraction of sp³-hybridized carbons (Fsp3) is 0.895. The van der Waals surface area contributed by atoms with Crippen molar-refractivity contribution in [2.75, 3.05) is 13.1 Å². The standard InChI is InChI=1S/C15H29NO2.C4H8O4/c1-6-12(2)7-8-13-9-10-16(11-13)14(17)18-15(3,4)5;1-4(2)7-8-6-3-5/h12-13H,6-11H2,1-5H3;3-4H,1-2H3. The smallest absolute Gasteiger partial charge is 0.410 e. The Morgan fingerprint density at radius 1 is 1.27 bits per heavy atom. The summed E-state index contributed by atoms with van der Waals surface area (Å²) in [6, 6.07) is 0. The van der Waals surface area contributed by atoms with Crippen LogP contribution in [0.5, 0.6) is 0 Å². The number of carbonyl (C=O) groups excluding carboxylic acids is 2. The lowest BCUT2D eigenvalue weighted by Gasteiger charge is -2.24. The molecule has 2 atom stereocenters. The van der Waals surface area contributed by atoms with Crippen molar-refractivity contribution in [3.05, 3.63) is 0 Å². The molecule has 0 spiro atoms. The zero-order valence-corrected chi connectivity index (χ0v) is 17.4. The molecule has 1 rings (SSSR count). The number of carbonyl (C=O) groups is 2. The van der Waals surface area contributed by atoms with Crippen molar-refractivity contribution in [2.45, 2.75) is 85.9 Å². The molecule has 1 fully saturated rings. The molecule has 2 unspecified atom stereocenters. The average molecular weight is 376 g/mol. The maximum Gasteiger partial charge on any atom is 0.410 e. The van der Waals surface area contributed by atoms with Crippen molar-refractivity contribution in [1.29, 1.82) is 0 Å². The van der Waals surface area contributed by atoms with Gasteiger partial charge in [0.15, 0.2) is 0 Å². The quantitative estimate of drug-likeness (QED) is 0.269. The maximum absolute atomic E-state index is 11.9. The van der Waals surface area contributed by atoms with Gasteiger partial charge < -0.3 is 9.64 Å². The Hall–Kier alpha value is -1.34. The van der Waals surface area contributed by atoms with E-state index in [0.717, 1.165) is 25.4 Å². The van der Waals surface area contributed by atoms with E-state index in [1.54, 1.807) is 13.8 Å².